The monoisotopic (exact) mass is 529 g/mol. The third kappa shape index (κ3) is 3.54. The summed E-state index contributed by atoms with van der Waals surface area (Å²) in [5.74, 6) is 2.14. The van der Waals surface area contributed by atoms with Crippen molar-refractivity contribution >= 4 is 32.8 Å². The summed E-state index contributed by atoms with van der Waals surface area (Å²) in [5.41, 5.74) is 8.38. The van der Waals surface area contributed by atoms with E-state index in [1.807, 2.05) is 36.5 Å². The van der Waals surface area contributed by atoms with E-state index in [2.05, 4.69) is 88.9 Å². The number of benzene rings is 3. The largest absolute Gasteiger partial charge is 0.298 e. The van der Waals surface area contributed by atoms with Crippen molar-refractivity contribution in [2.45, 2.75) is 32.1 Å². The van der Waals surface area contributed by atoms with Gasteiger partial charge in [0.15, 0.2) is 0 Å². The lowest BCUT2D eigenvalue weighted by Crippen LogP contribution is -2.12. The Balaban J connectivity index is 1.50. The summed E-state index contributed by atoms with van der Waals surface area (Å²) in [6.45, 7) is 2.34. The molecule has 4 heterocycles. The Labute approximate surface area is 238 Å². The molecule has 0 saturated carbocycles. The molecule has 1 aliphatic carbocycles. The van der Waals surface area contributed by atoms with Crippen LogP contribution in [0.4, 0.5) is 0 Å². The van der Waals surface area contributed by atoms with Gasteiger partial charge in [-0.3, -0.25) is 9.13 Å². The van der Waals surface area contributed by atoms with Crippen LogP contribution in [-0.4, -0.2) is 19.1 Å². The maximum atomic E-state index is 10.0. The average Bonchev–Trinajstić information content (AvgIpc) is 3.55. The summed E-state index contributed by atoms with van der Waals surface area (Å²) < 4.78 is 4.52. The molecule has 5 heteroatoms. The van der Waals surface area contributed by atoms with E-state index < -0.39 is 0 Å². The molecule has 7 aromatic rings. The van der Waals surface area contributed by atoms with Gasteiger partial charge in [0.05, 0.1) is 22.7 Å². The van der Waals surface area contributed by atoms with Crippen molar-refractivity contribution in [1.29, 1.82) is 5.26 Å². The fraction of sp³-hybridized carbons (Fsp3) is 0.139. The first-order valence-corrected chi connectivity index (χ1v) is 14.2. The summed E-state index contributed by atoms with van der Waals surface area (Å²) in [6.07, 6.45) is 5.21. The second kappa shape index (κ2) is 9.18. The van der Waals surface area contributed by atoms with Crippen LogP contribution >= 0.6 is 0 Å². The maximum Gasteiger partial charge on any atom is 0.146 e. The quantitative estimate of drug-likeness (QED) is 0.231. The maximum absolute atomic E-state index is 10.0. The molecule has 0 aliphatic heterocycles. The fourth-order valence-corrected chi connectivity index (χ4v) is 6.84. The van der Waals surface area contributed by atoms with Crippen molar-refractivity contribution in [2.24, 2.45) is 0 Å². The number of rotatable bonds is 3. The number of para-hydroxylation sites is 2. The molecule has 0 amide bonds. The fourth-order valence-electron chi connectivity index (χ4n) is 6.84. The highest BCUT2D eigenvalue weighted by Gasteiger charge is 2.26. The zero-order valence-corrected chi connectivity index (χ0v) is 22.7. The van der Waals surface area contributed by atoms with Gasteiger partial charge < -0.3 is 0 Å². The predicted molar refractivity (Wildman–Crippen MR) is 165 cm³/mol. The molecular formula is C36H27N5. The van der Waals surface area contributed by atoms with Gasteiger partial charge in [-0.1, -0.05) is 61.5 Å². The summed E-state index contributed by atoms with van der Waals surface area (Å²) in [5, 5.41) is 13.5. The van der Waals surface area contributed by atoms with E-state index in [1.54, 1.807) is 0 Å². The number of pyridine rings is 2. The van der Waals surface area contributed by atoms with Gasteiger partial charge in [-0.25, -0.2) is 9.97 Å². The molecule has 0 fully saturated rings. The molecule has 41 heavy (non-hydrogen) atoms. The minimum Gasteiger partial charge on any atom is -0.298 e. The molecule has 0 N–H and O–H groups in total. The molecule has 0 saturated heterocycles. The summed E-state index contributed by atoms with van der Waals surface area (Å²) >= 11 is 0. The van der Waals surface area contributed by atoms with Crippen LogP contribution in [0.15, 0.2) is 103 Å². The molecular weight excluding hydrogens is 502 g/mol. The van der Waals surface area contributed by atoms with Crippen LogP contribution in [-0.2, 0) is 6.42 Å². The lowest BCUT2D eigenvalue weighted by molar-refractivity contribution is 0.580. The van der Waals surface area contributed by atoms with Crippen LogP contribution in [0.25, 0.3) is 55.6 Å². The van der Waals surface area contributed by atoms with Gasteiger partial charge in [0.2, 0.25) is 0 Å². The minimum atomic E-state index is 0.494. The van der Waals surface area contributed by atoms with Gasteiger partial charge in [0, 0.05) is 28.0 Å². The standard InChI is InChI=1S/C36H27N5/c1-23-10-8-18-32-35(23)29-14-5-7-17-31(29)40(32)33-20-25(26-12-3-2-11-24(26)22-37)21-34(39-33)41-30-16-6-4-13-27(30)28-15-9-19-38-36(28)41/h2-7,9,11-17,19-21,23H,8,10,18H2,1H3. The molecule has 1 atom stereocenters. The third-order valence-electron chi connectivity index (χ3n) is 8.61. The molecule has 4 aromatic heterocycles. The lowest BCUT2D eigenvalue weighted by Gasteiger charge is -2.22. The molecule has 1 unspecified atom stereocenters. The first-order chi connectivity index (χ1) is 20.2. The SMILES string of the molecule is CC1CCCc2c1c1ccccc1n2-c1cc(-c2ccccc2C#N)cc(-n2c3ccccc3c3cccnc32)n1. The molecule has 1 aliphatic rings. The number of nitrogens with zero attached hydrogens (tertiary/aromatic N) is 5. The van der Waals surface area contributed by atoms with Crippen LogP contribution in [0, 0.1) is 11.3 Å². The molecule has 5 nitrogen and oxygen atoms in total. The van der Waals surface area contributed by atoms with E-state index in [9.17, 15) is 5.26 Å². The first-order valence-electron chi connectivity index (χ1n) is 14.2. The second-order valence-electron chi connectivity index (χ2n) is 11.0. The van der Waals surface area contributed by atoms with Crippen LogP contribution in [0.2, 0.25) is 0 Å². The van der Waals surface area contributed by atoms with Crippen molar-refractivity contribution in [3.63, 3.8) is 0 Å². The Morgan fingerprint density at radius 1 is 0.780 bits per heavy atom. The minimum absolute atomic E-state index is 0.494. The molecule has 196 valence electrons. The van der Waals surface area contributed by atoms with Crippen molar-refractivity contribution in [3.8, 4) is 28.8 Å². The van der Waals surface area contributed by atoms with E-state index in [0.717, 1.165) is 57.5 Å². The summed E-state index contributed by atoms with van der Waals surface area (Å²) in [4.78, 5) is 10.2. The second-order valence-corrected chi connectivity index (χ2v) is 11.0. The number of aromatic nitrogens is 4. The molecule has 0 spiro atoms. The van der Waals surface area contributed by atoms with Crippen molar-refractivity contribution in [1.82, 2.24) is 19.1 Å². The van der Waals surface area contributed by atoms with Gasteiger partial charge in [0.1, 0.15) is 17.3 Å². The lowest BCUT2D eigenvalue weighted by atomic mass is 9.86. The Hall–Kier alpha value is -5.21. The van der Waals surface area contributed by atoms with E-state index >= 15 is 0 Å². The summed E-state index contributed by atoms with van der Waals surface area (Å²) in [7, 11) is 0. The molecule has 8 rings (SSSR count). The molecule has 0 radical (unpaired) electrons. The first kappa shape index (κ1) is 23.7. The van der Waals surface area contributed by atoms with Crippen molar-refractivity contribution < 1.29 is 0 Å². The number of hydrogen-bond acceptors (Lipinski definition) is 3. The number of fused-ring (bicyclic) bond motifs is 6. The van der Waals surface area contributed by atoms with Crippen LogP contribution in [0.5, 0.6) is 0 Å². The Kier molecular flexibility index (Phi) is 5.30. The van der Waals surface area contributed by atoms with Gasteiger partial charge in [-0.05, 0) is 84.3 Å². The van der Waals surface area contributed by atoms with E-state index in [4.69, 9.17) is 9.97 Å². The summed E-state index contributed by atoms with van der Waals surface area (Å²) in [6, 6.07) is 35.7. The highest BCUT2D eigenvalue weighted by atomic mass is 15.2. The normalized spacial score (nSPS) is 14.9. The van der Waals surface area contributed by atoms with Crippen LogP contribution in [0.1, 0.15) is 42.5 Å². The Morgan fingerprint density at radius 2 is 1.46 bits per heavy atom. The smallest absolute Gasteiger partial charge is 0.146 e. The zero-order valence-electron chi connectivity index (χ0n) is 22.7. The third-order valence-corrected chi connectivity index (χ3v) is 8.61. The predicted octanol–water partition coefficient (Wildman–Crippen LogP) is 8.50. The number of nitriles is 1. The van der Waals surface area contributed by atoms with Gasteiger partial charge in [-0.15, -0.1) is 0 Å². The number of hydrogen-bond donors (Lipinski definition) is 0. The zero-order chi connectivity index (χ0) is 27.5. The van der Waals surface area contributed by atoms with Crippen LogP contribution in [0.3, 0.4) is 0 Å². The van der Waals surface area contributed by atoms with Gasteiger partial charge >= 0.3 is 0 Å². The highest BCUT2D eigenvalue weighted by molar-refractivity contribution is 6.07. The van der Waals surface area contributed by atoms with E-state index in [0.29, 0.717) is 11.5 Å². The van der Waals surface area contributed by atoms with Crippen molar-refractivity contribution in [2.75, 3.05) is 0 Å². The van der Waals surface area contributed by atoms with E-state index in [-0.39, 0.29) is 0 Å². The Morgan fingerprint density at radius 3 is 2.29 bits per heavy atom. The Bertz CT molecular complexity index is 2120. The topological polar surface area (TPSA) is 59.4 Å². The van der Waals surface area contributed by atoms with Crippen LogP contribution < -0.4 is 0 Å². The average molecular weight is 530 g/mol. The van der Waals surface area contributed by atoms with Crippen molar-refractivity contribution in [3.05, 3.63) is 120 Å². The molecule has 3 aromatic carbocycles. The van der Waals surface area contributed by atoms with Gasteiger partial charge in [-0.2, -0.15) is 5.26 Å². The molecule has 0 bridgehead atoms. The highest BCUT2D eigenvalue weighted by Crippen LogP contribution is 2.41. The van der Waals surface area contributed by atoms with Gasteiger partial charge in [0.25, 0.3) is 0 Å². The van der Waals surface area contributed by atoms with E-state index in [1.165, 1.54) is 28.6 Å².